The van der Waals surface area contributed by atoms with Crippen molar-refractivity contribution in [2.45, 2.75) is 19.3 Å². The van der Waals surface area contributed by atoms with Crippen molar-refractivity contribution in [3.8, 4) is 11.3 Å². The number of nitrogens with one attached hydrogen (secondary N) is 1. The number of hydrogen-bond acceptors (Lipinski definition) is 4. The van der Waals surface area contributed by atoms with Crippen LogP contribution in [0.25, 0.3) is 11.3 Å². The fraction of sp³-hybridized carbons (Fsp3) is 0.222. The van der Waals surface area contributed by atoms with E-state index in [4.69, 9.17) is 20.4 Å². The highest BCUT2D eigenvalue weighted by Crippen LogP contribution is 2.28. The maximum Gasteiger partial charge on any atom is 0.220 e. The van der Waals surface area contributed by atoms with Crippen LogP contribution in [0.15, 0.2) is 57.7 Å². The fourth-order valence-corrected chi connectivity index (χ4v) is 2.53. The second kappa shape index (κ2) is 7.84. The molecule has 6 heteroatoms. The molecule has 24 heavy (non-hydrogen) atoms. The number of benzene rings is 1. The smallest absolute Gasteiger partial charge is 0.220 e. The first kappa shape index (κ1) is 16.3. The molecule has 0 saturated heterocycles. The van der Waals surface area contributed by atoms with Gasteiger partial charge < -0.3 is 14.2 Å². The standard InChI is InChI=1S/C18H17ClN2O3/c19-15-6-2-1-5-14(15)16-12-21-18(24-16)8-7-17(22)20-10-9-13-4-3-11-23-13/h1-6,11-12H,7-10H2,(H,20,22). The van der Waals surface area contributed by atoms with Gasteiger partial charge >= 0.3 is 0 Å². The Morgan fingerprint density at radius 2 is 2.04 bits per heavy atom. The molecule has 0 fully saturated rings. The molecule has 0 unspecified atom stereocenters. The third kappa shape index (κ3) is 4.26. The van der Waals surface area contributed by atoms with Crippen molar-refractivity contribution in [3.63, 3.8) is 0 Å². The monoisotopic (exact) mass is 344 g/mol. The van der Waals surface area contributed by atoms with E-state index in [0.717, 1.165) is 11.3 Å². The molecule has 1 N–H and O–H groups in total. The lowest BCUT2D eigenvalue weighted by atomic mass is 10.2. The molecule has 0 radical (unpaired) electrons. The summed E-state index contributed by atoms with van der Waals surface area (Å²) < 4.78 is 10.9. The summed E-state index contributed by atoms with van der Waals surface area (Å²) >= 11 is 6.14. The third-order valence-corrected chi connectivity index (χ3v) is 3.86. The Hall–Kier alpha value is -2.53. The first-order valence-electron chi connectivity index (χ1n) is 7.71. The van der Waals surface area contributed by atoms with Crippen LogP contribution in [0.2, 0.25) is 5.02 Å². The number of halogens is 1. The summed E-state index contributed by atoms with van der Waals surface area (Å²) in [6, 6.07) is 11.1. The number of aromatic nitrogens is 1. The van der Waals surface area contributed by atoms with Crippen molar-refractivity contribution in [1.82, 2.24) is 10.3 Å². The van der Waals surface area contributed by atoms with Crippen LogP contribution in [-0.2, 0) is 17.6 Å². The SMILES string of the molecule is O=C(CCc1ncc(-c2ccccc2Cl)o1)NCCc1ccco1. The number of hydrogen-bond donors (Lipinski definition) is 1. The first-order chi connectivity index (χ1) is 11.7. The zero-order chi connectivity index (χ0) is 16.8. The highest BCUT2D eigenvalue weighted by molar-refractivity contribution is 6.33. The van der Waals surface area contributed by atoms with Crippen LogP contribution in [-0.4, -0.2) is 17.4 Å². The van der Waals surface area contributed by atoms with Crippen LogP contribution in [0, 0.1) is 0 Å². The first-order valence-corrected chi connectivity index (χ1v) is 8.09. The van der Waals surface area contributed by atoms with Gasteiger partial charge in [-0.05, 0) is 24.3 Å². The van der Waals surface area contributed by atoms with Crippen LogP contribution in [0.3, 0.4) is 0 Å². The average Bonchev–Trinajstić information content (AvgIpc) is 3.25. The predicted octanol–water partition coefficient (Wildman–Crippen LogP) is 3.88. The number of aryl methyl sites for hydroxylation is 1. The highest BCUT2D eigenvalue weighted by Gasteiger charge is 2.11. The summed E-state index contributed by atoms with van der Waals surface area (Å²) in [7, 11) is 0. The maximum atomic E-state index is 11.8. The molecule has 3 rings (SSSR count). The van der Waals surface area contributed by atoms with E-state index in [1.807, 2.05) is 30.3 Å². The second-order valence-corrected chi connectivity index (χ2v) is 5.68. The lowest BCUT2D eigenvalue weighted by molar-refractivity contribution is -0.121. The van der Waals surface area contributed by atoms with Crippen molar-refractivity contribution in [2.24, 2.45) is 0 Å². The number of furan rings is 1. The van der Waals surface area contributed by atoms with Gasteiger partial charge in [-0.25, -0.2) is 4.98 Å². The number of amides is 1. The van der Waals surface area contributed by atoms with Gasteiger partial charge in [-0.15, -0.1) is 0 Å². The van der Waals surface area contributed by atoms with Gasteiger partial charge in [0.05, 0.1) is 17.5 Å². The molecule has 0 atom stereocenters. The van der Waals surface area contributed by atoms with Gasteiger partial charge in [0.25, 0.3) is 0 Å². The topological polar surface area (TPSA) is 68.3 Å². The average molecular weight is 345 g/mol. The van der Waals surface area contributed by atoms with E-state index in [0.29, 0.717) is 42.5 Å². The van der Waals surface area contributed by atoms with Gasteiger partial charge in [0.1, 0.15) is 5.76 Å². The largest absolute Gasteiger partial charge is 0.469 e. The summed E-state index contributed by atoms with van der Waals surface area (Å²) in [5.41, 5.74) is 0.792. The normalized spacial score (nSPS) is 10.7. The van der Waals surface area contributed by atoms with Crippen LogP contribution < -0.4 is 5.32 Å². The summed E-state index contributed by atoms with van der Waals surface area (Å²) in [6.45, 7) is 0.544. The van der Waals surface area contributed by atoms with Crippen molar-refractivity contribution in [1.29, 1.82) is 0 Å². The summed E-state index contributed by atoms with van der Waals surface area (Å²) in [6.07, 6.45) is 4.69. The van der Waals surface area contributed by atoms with Crippen molar-refractivity contribution < 1.29 is 13.6 Å². The van der Waals surface area contributed by atoms with Crippen LogP contribution in [0.1, 0.15) is 18.1 Å². The lowest BCUT2D eigenvalue weighted by Crippen LogP contribution is -2.25. The van der Waals surface area contributed by atoms with Crippen molar-refractivity contribution in [3.05, 3.63) is 65.5 Å². The summed E-state index contributed by atoms with van der Waals surface area (Å²) in [5.74, 6) is 1.94. The van der Waals surface area contributed by atoms with E-state index in [2.05, 4.69) is 10.3 Å². The number of nitrogens with zero attached hydrogens (tertiary/aromatic N) is 1. The molecule has 5 nitrogen and oxygen atoms in total. The third-order valence-electron chi connectivity index (χ3n) is 3.53. The summed E-state index contributed by atoms with van der Waals surface area (Å²) in [4.78, 5) is 16.0. The molecule has 124 valence electrons. The minimum absolute atomic E-state index is 0.0425. The van der Waals surface area contributed by atoms with Gasteiger partial charge in [0.15, 0.2) is 11.7 Å². The van der Waals surface area contributed by atoms with Gasteiger partial charge in [-0.3, -0.25) is 4.79 Å². The Bertz CT molecular complexity index is 796. The number of carbonyl (C=O) groups excluding carboxylic acids is 1. The minimum atomic E-state index is -0.0425. The molecular weight excluding hydrogens is 328 g/mol. The molecule has 0 saturated carbocycles. The van der Waals surface area contributed by atoms with Gasteiger partial charge in [-0.1, -0.05) is 23.7 Å². The van der Waals surface area contributed by atoms with E-state index in [-0.39, 0.29) is 5.91 Å². The molecule has 0 spiro atoms. The Morgan fingerprint density at radius 3 is 2.83 bits per heavy atom. The van der Waals surface area contributed by atoms with E-state index >= 15 is 0 Å². The molecule has 3 aromatic rings. The molecular formula is C18H17ClN2O3. The molecule has 0 aliphatic carbocycles. The van der Waals surface area contributed by atoms with Crippen molar-refractivity contribution in [2.75, 3.05) is 6.54 Å². The van der Waals surface area contributed by atoms with E-state index in [1.165, 1.54) is 0 Å². The zero-order valence-electron chi connectivity index (χ0n) is 13.0. The minimum Gasteiger partial charge on any atom is -0.469 e. The lowest BCUT2D eigenvalue weighted by Gasteiger charge is -2.02. The fourth-order valence-electron chi connectivity index (χ4n) is 2.30. The Morgan fingerprint density at radius 1 is 1.17 bits per heavy atom. The zero-order valence-corrected chi connectivity index (χ0v) is 13.8. The van der Waals surface area contributed by atoms with Gasteiger partial charge in [0, 0.05) is 31.4 Å². The Balaban J connectivity index is 1.47. The molecule has 1 aromatic carbocycles. The molecule has 1 amide bonds. The Labute approximate surface area is 144 Å². The molecule has 2 aromatic heterocycles. The van der Waals surface area contributed by atoms with Crippen LogP contribution >= 0.6 is 11.6 Å². The van der Waals surface area contributed by atoms with Gasteiger partial charge in [-0.2, -0.15) is 0 Å². The molecule has 2 heterocycles. The van der Waals surface area contributed by atoms with Crippen molar-refractivity contribution >= 4 is 17.5 Å². The second-order valence-electron chi connectivity index (χ2n) is 5.28. The van der Waals surface area contributed by atoms with Crippen LogP contribution in [0.5, 0.6) is 0 Å². The highest BCUT2D eigenvalue weighted by atomic mass is 35.5. The van der Waals surface area contributed by atoms with E-state index in [9.17, 15) is 4.79 Å². The van der Waals surface area contributed by atoms with Crippen LogP contribution in [0.4, 0.5) is 0 Å². The number of oxazole rings is 1. The molecule has 0 aliphatic rings. The molecule has 0 bridgehead atoms. The quantitative estimate of drug-likeness (QED) is 0.706. The number of rotatable bonds is 7. The molecule has 0 aliphatic heterocycles. The summed E-state index contributed by atoms with van der Waals surface area (Å²) in [5, 5.41) is 3.46. The number of carbonyl (C=O) groups is 1. The van der Waals surface area contributed by atoms with E-state index in [1.54, 1.807) is 18.5 Å². The maximum absolute atomic E-state index is 11.8. The Kier molecular flexibility index (Phi) is 5.33. The van der Waals surface area contributed by atoms with E-state index < -0.39 is 0 Å². The van der Waals surface area contributed by atoms with Gasteiger partial charge in [0.2, 0.25) is 5.91 Å². The predicted molar refractivity (Wildman–Crippen MR) is 90.7 cm³/mol.